The minimum absolute atomic E-state index is 0.0304. The van der Waals surface area contributed by atoms with Gasteiger partial charge in [0.1, 0.15) is 0 Å². The first-order chi connectivity index (χ1) is 18.7. The second kappa shape index (κ2) is 12.2. The third-order valence-corrected chi connectivity index (χ3v) is 10.1. The number of nitrogens with one attached hydrogen (secondary N) is 2. The molecule has 2 aromatic rings. The lowest BCUT2D eigenvalue weighted by Gasteiger charge is -2.44. The fourth-order valence-electron chi connectivity index (χ4n) is 5.63. The van der Waals surface area contributed by atoms with Gasteiger partial charge in [-0.3, -0.25) is 4.79 Å². The number of benzene rings is 2. The number of rotatable bonds is 10. The van der Waals surface area contributed by atoms with Crippen LogP contribution in [0, 0.1) is 29.3 Å². The molecule has 2 bridgehead atoms. The van der Waals surface area contributed by atoms with Crippen molar-refractivity contribution < 1.29 is 41.7 Å². The number of carbonyl (C=O) groups is 1. The normalized spacial score (nSPS) is 25.9. The molecule has 5 unspecified atom stereocenters. The van der Waals surface area contributed by atoms with Gasteiger partial charge in [-0.25, -0.2) is 26.3 Å². The van der Waals surface area contributed by atoms with E-state index in [1.165, 1.54) is 23.9 Å². The van der Waals surface area contributed by atoms with Crippen molar-refractivity contribution in [1.29, 1.82) is 0 Å². The van der Waals surface area contributed by atoms with Crippen molar-refractivity contribution in [3.63, 3.8) is 0 Å². The molecule has 220 valence electrons. The third-order valence-electron chi connectivity index (χ3n) is 7.64. The highest BCUT2D eigenvalue weighted by Crippen LogP contribution is 2.55. The Balaban J connectivity index is 1.40. The highest BCUT2D eigenvalue weighted by molar-refractivity contribution is 8.00. The van der Waals surface area contributed by atoms with Crippen LogP contribution in [0.2, 0.25) is 5.02 Å². The molecule has 0 heterocycles. The zero-order valence-corrected chi connectivity index (χ0v) is 23.8. The van der Waals surface area contributed by atoms with Gasteiger partial charge >= 0.3 is 0 Å². The molecule has 2 fully saturated rings. The maximum Gasteiger partial charge on any atom is 0.255 e. The van der Waals surface area contributed by atoms with Gasteiger partial charge in [0.2, 0.25) is 10.0 Å². The van der Waals surface area contributed by atoms with Crippen LogP contribution >= 0.6 is 23.4 Å². The lowest BCUT2D eigenvalue weighted by atomic mass is 9.71. The summed E-state index contributed by atoms with van der Waals surface area (Å²) in [7, 11) is -3.55. The number of amides is 1. The molecule has 0 radical (unpaired) electrons. The Kier molecular flexibility index (Phi) is 9.45. The molecule has 2 aliphatic carbocycles. The van der Waals surface area contributed by atoms with Crippen molar-refractivity contribution in [3.8, 4) is 0 Å². The fraction of sp³-hybridized carbons (Fsp3) is 0.500. The third kappa shape index (κ3) is 7.12. The summed E-state index contributed by atoms with van der Waals surface area (Å²) in [5.74, 6) is -5.49. The number of sulfonamides is 1. The van der Waals surface area contributed by atoms with Crippen LogP contribution in [0.3, 0.4) is 0 Å². The van der Waals surface area contributed by atoms with Gasteiger partial charge in [-0.2, -0.15) is 0 Å². The van der Waals surface area contributed by atoms with Crippen LogP contribution in [0.15, 0.2) is 35.2 Å². The van der Waals surface area contributed by atoms with Crippen LogP contribution in [0.1, 0.15) is 42.5 Å². The average molecular weight is 623 g/mol. The second-order valence-electron chi connectivity index (χ2n) is 10.5. The minimum Gasteiger partial charge on any atom is -0.390 e. The molecule has 2 saturated carbocycles. The van der Waals surface area contributed by atoms with Crippen molar-refractivity contribution in [2.75, 3.05) is 18.1 Å². The van der Waals surface area contributed by atoms with Crippen molar-refractivity contribution in [2.45, 2.75) is 60.1 Å². The summed E-state index contributed by atoms with van der Waals surface area (Å²) in [4.78, 5) is 13.3. The van der Waals surface area contributed by atoms with E-state index in [9.17, 15) is 41.7 Å². The zero-order chi connectivity index (χ0) is 29.4. The summed E-state index contributed by atoms with van der Waals surface area (Å²) in [6, 6.07) is 5.89. The topological polar surface area (TPSA) is 136 Å². The zero-order valence-electron chi connectivity index (χ0n) is 21.4. The lowest BCUT2D eigenvalue weighted by Crippen LogP contribution is -2.50. The van der Waals surface area contributed by atoms with Gasteiger partial charge in [0, 0.05) is 46.5 Å². The molecule has 0 aliphatic heterocycles. The summed E-state index contributed by atoms with van der Waals surface area (Å²) in [6.45, 7) is -0.364. The molecule has 0 saturated heterocycles. The molecule has 40 heavy (non-hydrogen) atoms. The highest BCUT2D eigenvalue weighted by atomic mass is 35.5. The standard InChI is InChI=1S/C26H30ClF3N2O6S2/c1-40(37,38)31-12-22(34)21(33)11-26(36)14-3-4-15(26)8-17(7-14)39-23-6-13(2-5-18(23)27)25(35)32-16-9-19(28)24(30)20(29)10-16/h2,5-6,9-10,14-15,17,21-22,31,33-34,36H,3-4,7-8,11-12H2,1H3,(H,32,35)/t14-,15?,17?,21?,22?,26?/m0/s1. The Hall–Kier alpha value is -1.87. The van der Waals surface area contributed by atoms with E-state index in [0.29, 0.717) is 34.9 Å². The first-order valence-electron chi connectivity index (χ1n) is 12.6. The van der Waals surface area contributed by atoms with Gasteiger partial charge in [0.25, 0.3) is 5.91 Å². The van der Waals surface area contributed by atoms with Crippen molar-refractivity contribution >= 4 is 45.0 Å². The van der Waals surface area contributed by atoms with E-state index in [2.05, 4.69) is 10.0 Å². The number of aliphatic hydroxyl groups is 3. The van der Waals surface area contributed by atoms with Gasteiger partial charge in [-0.05, 0) is 55.7 Å². The molecule has 0 aromatic heterocycles. The quantitative estimate of drug-likeness (QED) is 0.255. The van der Waals surface area contributed by atoms with Gasteiger partial charge < -0.3 is 20.6 Å². The van der Waals surface area contributed by atoms with E-state index in [0.717, 1.165) is 19.1 Å². The average Bonchev–Trinajstić information content (AvgIpc) is 3.02. The van der Waals surface area contributed by atoms with Crippen LogP contribution in [-0.2, 0) is 10.0 Å². The minimum atomic E-state index is -3.55. The van der Waals surface area contributed by atoms with E-state index < -0.39 is 51.2 Å². The molecule has 8 nitrogen and oxygen atoms in total. The lowest BCUT2D eigenvalue weighted by molar-refractivity contribution is -0.107. The number of carbonyl (C=O) groups excluding carboxylic acids is 1. The van der Waals surface area contributed by atoms with Gasteiger partial charge in [0.05, 0.1) is 29.1 Å². The maximum atomic E-state index is 13.5. The van der Waals surface area contributed by atoms with E-state index in [1.807, 2.05) is 0 Å². The van der Waals surface area contributed by atoms with E-state index in [4.69, 9.17) is 11.6 Å². The van der Waals surface area contributed by atoms with Crippen molar-refractivity contribution in [3.05, 3.63) is 58.4 Å². The number of aliphatic hydroxyl groups excluding tert-OH is 2. The second-order valence-corrected chi connectivity index (χ2v) is 14.1. The fourth-order valence-corrected chi connectivity index (χ4v) is 7.75. The van der Waals surface area contributed by atoms with Gasteiger partial charge in [-0.15, -0.1) is 11.8 Å². The Morgan fingerprint density at radius 3 is 2.27 bits per heavy atom. The molecular weight excluding hydrogens is 593 g/mol. The van der Waals surface area contributed by atoms with Crippen LogP contribution in [-0.4, -0.2) is 65.5 Å². The number of halogens is 4. The molecule has 5 N–H and O–H groups in total. The molecule has 2 aromatic carbocycles. The van der Waals surface area contributed by atoms with Gasteiger partial charge in [0.15, 0.2) is 17.5 Å². The van der Waals surface area contributed by atoms with Crippen LogP contribution < -0.4 is 10.0 Å². The SMILES string of the molecule is CS(=O)(=O)NCC(O)C(O)CC1(O)C2CC[C@H]1CC(Sc1cc(C(=O)Nc3cc(F)c(F)c(F)c3)ccc1Cl)C2. The van der Waals surface area contributed by atoms with E-state index >= 15 is 0 Å². The highest BCUT2D eigenvalue weighted by Gasteiger charge is 2.54. The Morgan fingerprint density at radius 1 is 1.10 bits per heavy atom. The molecule has 4 rings (SSSR count). The largest absolute Gasteiger partial charge is 0.390 e. The summed E-state index contributed by atoms with van der Waals surface area (Å²) in [6.07, 6.45) is 0.785. The summed E-state index contributed by atoms with van der Waals surface area (Å²) in [5.41, 5.74) is -1.28. The molecule has 1 amide bonds. The number of hydrogen-bond donors (Lipinski definition) is 5. The number of anilines is 1. The predicted octanol–water partition coefficient (Wildman–Crippen LogP) is 3.68. The van der Waals surface area contributed by atoms with E-state index in [-0.39, 0.29) is 41.3 Å². The Labute approximate surface area is 239 Å². The van der Waals surface area contributed by atoms with Crippen LogP contribution in [0.25, 0.3) is 0 Å². The van der Waals surface area contributed by atoms with E-state index in [1.54, 1.807) is 6.07 Å². The monoisotopic (exact) mass is 622 g/mol. The van der Waals surface area contributed by atoms with Crippen molar-refractivity contribution in [1.82, 2.24) is 4.72 Å². The first kappa shape index (κ1) is 31.1. The summed E-state index contributed by atoms with van der Waals surface area (Å²) < 4.78 is 65.0. The summed E-state index contributed by atoms with van der Waals surface area (Å²) in [5, 5.41) is 35.0. The van der Waals surface area contributed by atoms with Crippen LogP contribution in [0.4, 0.5) is 18.9 Å². The Morgan fingerprint density at radius 2 is 1.70 bits per heavy atom. The Bertz CT molecular complexity index is 1350. The number of fused-ring (bicyclic) bond motifs is 2. The number of hydrogen-bond acceptors (Lipinski definition) is 7. The number of thioether (sulfide) groups is 1. The molecule has 2 aliphatic rings. The predicted molar refractivity (Wildman–Crippen MR) is 145 cm³/mol. The maximum absolute atomic E-state index is 13.5. The molecular formula is C26H30ClF3N2O6S2. The van der Waals surface area contributed by atoms with Crippen LogP contribution in [0.5, 0.6) is 0 Å². The first-order valence-corrected chi connectivity index (χ1v) is 15.8. The smallest absolute Gasteiger partial charge is 0.255 e. The summed E-state index contributed by atoms with van der Waals surface area (Å²) >= 11 is 7.84. The molecule has 6 atom stereocenters. The molecule has 0 spiro atoms. The molecule has 14 heteroatoms. The van der Waals surface area contributed by atoms with Gasteiger partial charge in [-0.1, -0.05) is 11.6 Å². The van der Waals surface area contributed by atoms with Crippen molar-refractivity contribution in [2.24, 2.45) is 11.8 Å².